The topological polar surface area (TPSA) is 85.4 Å². The largest absolute Gasteiger partial charge is 0.487 e. The molecule has 0 radical (unpaired) electrons. The molecule has 7 nitrogen and oxygen atoms in total. The number of benzene rings is 1. The normalized spacial score (nSPS) is 16.0. The number of amides is 1. The monoisotopic (exact) mass is 384 g/mol. The molecule has 4 rings (SSSR count). The molecule has 1 unspecified atom stereocenters. The molecule has 1 aromatic carbocycles. The van der Waals surface area contributed by atoms with Crippen molar-refractivity contribution in [1.29, 1.82) is 0 Å². The highest BCUT2D eigenvalue weighted by atomic mass is 35.5. The number of carbonyl (C=O) groups excluding carboxylic acids is 1. The Bertz CT molecular complexity index is 968. The first-order valence-electron chi connectivity index (χ1n) is 8.49. The summed E-state index contributed by atoms with van der Waals surface area (Å²) in [4.78, 5) is 19.9. The van der Waals surface area contributed by atoms with Gasteiger partial charge in [0.15, 0.2) is 6.10 Å². The number of anilines is 1. The lowest BCUT2D eigenvalue weighted by atomic mass is 10.2. The van der Waals surface area contributed by atoms with Crippen LogP contribution < -0.4 is 15.4 Å². The summed E-state index contributed by atoms with van der Waals surface area (Å²) in [6, 6.07) is 13.5. The molecular formula is C19H17ClN4O3. The highest BCUT2D eigenvalue weighted by molar-refractivity contribution is 6.30. The van der Waals surface area contributed by atoms with Gasteiger partial charge in [-0.25, -0.2) is 9.78 Å². The minimum atomic E-state index is -0.434. The summed E-state index contributed by atoms with van der Waals surface area (Å²) in [7, 11) is 0. The Hall–Kier alpha value is -3.06. The van der Waals surface area contributed by atoms with E-state index in [1.54, 1.807) is 18.3 Å². The van der Waals surface area contributed by atoms with Gasteiger partial charge < -0.3 is 20.1 Å². The van der Waals surface area contributed by atoms with E-state index in [1.807, 2.05) is 30.3 Å². The molecule has 0 saturated carbocycles. The van der Waals surface area contributed by atoms with Gasteiger partial charge >= 0.3 is 6.09 Å². The second-order valence-corrected chi connectivity index (χ2v) is 6.44. The molecular weight excluding hydrogens is 368 g/mol. The Morgan fingerprint density at radius 3 is 2.89 bits per heavy atom. The Morgan fingerprint density at radius 1 is 1.26 bits per heavy atom. The predicted octanol–water partition coefficient (Wildman–Crippen LogP) is 3.38. The molecule has 2 N–H and O–H groups in total. The molecule has 1 saturated heterocycles. The van der Waals surface area contributed by atoms with Crippen molar-refractivity contribution < 1.29 is 14.3 Å². The summed E-state index contributed by atoms with van der Waals surface area (Å²) in [5, 5.41) is 6.28. The molecule has 8 heteroatoms. The standard InChI is InChI=1S/C19H17ClN4O3/c20-16-8-14(22-9-12-4-2-1-3-5-12)17-18(24-16)15(6-7-21-17)26-11-13-10-23-19(25)27-13/h1-8,13H,9-11H2,(H,22,24)(H,23,25). The van der Waals surface area contributed by atoms with Crippen molar-refractivity contribution in [2.24, 2.45) is 0 Å². The third kappa shape index (κ3) is 4.03. The smallest absolute Gasteiger partial charge is 0.407 e. The maximum Gasteiger partial charge on any atom is 0.407 e. The average molecular weight is 385 g/mol. The molecule has 3 heterocycles. The molecule has 27 heavy (non-hydrogen) atoms. The number of aromatic nitrogens is 2. The fourth-order valence-electron chi connectivity index (χ4n) is 2.82. The van der Waals surface area contributed by atoms with Crippen molar-refractivity contribution in [3.8, 4) is 5.75 Å². The maximum atomic E-state index is 11.1. The fraction of sp³-hybridized carbons (Fsp3) is 0.211. The van der Waals surface area contributed by atoms with Crippen LogP contribution in [0.2, 0.25) is 5.15 Å². The molecule has 0 spiro atoms. The maximum absolute atomic E-state index is 11.1. The zero-order valence-electron chi connectivity index (χ0n) is 14.3. The van der Waals surface area contributed by atoms with Crippen LogP contribution >= 0.6 is 11.6 Å². The van der Waals surface area contributed by atoms with Gasteiger partial charge in [-0.05, 0) is 5.56 Å². The number of ether oxygens (including phenoxy) is 2. The second-order valence-electron chi connectivity index (χ2n) is 6.06. The third-order valence-electron chi connectivity index (χ3n) is 4.12. The molecule has 0 bridgehead atoms. The van der Waals surface area contributed by atoms with Crippen LogP contribution in [0.15, 0.2) is 48.7 Å². The molecule has 138 valence electrons. The van der Waals surface area contributed by atoms with E-state index in [-0.39, 0.29) is 12.7 Å². The number of alkyl carbamates (subject to hydrolysis) is 1. The summed E-state index contributed by atoms with van der Waals surface area (Å²) in [5.41, 5.74) is 3.13. The van der Waals surface area contributed by atoms with E-state index in [1.165, 1.54) is 0 Å². The summed E-state index contributed by atoms with van der Waals surface area (Å²) in [6.07, 6.45) is 0.882. The van der Waals surface area contributed by atoms with Crippen LogP contribution in [0.3, 0.4) is 0 Å². The molecule has 1 aliphatic heterocycles. The van der Waals surface area contributed by atoms with Gasteiger partial charge in [0, 0.05) is 24.9 Å². The van der Waals surface area contributed by atoms with E-state index in [4.69, 9.17) is 21.1 Å². The Balaban J connectivity index is 1.56. The van der Waals surface area contributed by atoms with Crippen molar-refractivity contribution in [2.75, 3.05) is 18.5 Å². The van der Waals surface area contributed by atoms with E-state index in [9.17, 15) is 4.79 Å². The Labute approximate surface area is 160 Å². The SMILES string of the molecule is O=C1NCC(COc2ccnc3c(NCc4ccccc4)cc(Cl)nc23)O1. The average Bonchev–Trinajstić information content (AvgIpc) is 3.10. The summed E-state index contributed by atoms with van der Waals surface area (Å²) >= 11 is 6.21. The quantitative estimate of drug-likeness (QED) is 0.634. The molecule has 1 fully saturated rings. The lowest BCUT2D eigenvalue weighted by Crippen LogP contribution is -2.22. The zero-order chi connectivity index (χ0) is 18.6. The molecule has 2 aromatic heterocycles. The van der Waals surface area contributed by atoms with Crippen molar-refractivity contribution in [2.45, 2.75) is 12.6 Å². The number of carbonyl (C=O) groups is 1. The van der Waals surface area contributed by atoms with Crippen LogP contribution in [-0.4, -0.2) is 35.3 Å². The molecule has 3 aromatic rings. The molecule has 1 aliphatic rings. The first-order valence-corrected chi connectivity index (χ1v) is 8.87. The number of halogens is 1. The van der Waals surface area contributed by atoms with E-state index in [0.29, 0.717) is 35.0 Å². The van der Waals surface area contributed by atoms with Crippen LogP contribution in [0.5, 0.6) is 5.75 Å². The molecule has 1 amide bonds. The van der Waals surface area contributed by atoms with Gasteiger partial charge in [-0.2, -0.15) is 0 Å². The van der Waals surface area contributed by atoms with Crippen molar-refractivity contribution >= 4 is 34.4 Å². The number of nitrogens with zero attached hydrogens (tertiary/aromatic N) is 2. The fourth-order valence-corrected chi connectivity index (χ4v) is 3.01. The number of pyridine rings is 2. The van der Waals surface area contributed by atoms with E-state index >= 15 is 0 Å². The summed E-state index contributed by atoms with van der Waals surface area (Å²) in [5.74, 6) is 0.535. The lowest BCUT2D eigenvalue weighted by molar-refractivity contribution is 0.105. The van der Waals surface area contributed by atoms with Crippen LogP contribution in [0.25, 0.3) is 11.0 Å². The van der Waals surface area contributed by atoms with Crippen molar-refractivity contribution in [3.05, 3.63) is 59.4 Å². The van der Waals surface area contributed by atoms with Crippen LogP contribution in [0, 0.1) is 0 Å². The van der Waals surface area contributed by atoms with Gasteiger partial charge in [0.05, 0.1) is 12.2 Å². The minimum Gasteiger partial charge on any atom is -0.487 e. The number of fused-ring (bicyclic) bond motifs is 1. The first-order chi connectivity index (χ1) is 13.2. The van der Waals surface area contributed by atoms with Crippen LogP contribution in [0.4, 0.5) is 10.5 Å². The number of hydrogen-bond acceptors (Lipinski definition) is 6. The number of rotatable bonds is 6. The second kappa shape index (κ2) is 7.67. The van der Waals surface area contributed by atoms with Crippen molar-refractivity contribution in [1.82, 2.24) is 15.3 Å². The lowest BCUT2D eigenvalue weighted by Gasteiger charge is -2.14. The third-order valence-corrected chi connectivity index (χ3v) is 4.32. The number of hydrogen-bond donors (Lipinski definition) is 2. The van der Waals surface area contributed by atoms with Crippen LogP contribution in [-0.2, 0) is 11.3 Å². The van der Waals surface area contributed by atoms with Gasteiger partial charge in [-0.15, -0.1) is 0 Å². The van der Waals surface area contributed by atoms with Gasteiger partial charge in [0.1, 0.15) is 28.5 Å². The highest BCUT2D eigenvalue weighted by Crippen LogP contribution is 2.30. The Morgan fingerprint density at radius 2 is 2.11 bits per heavy atom. The van der Waals surface area contributed by atoms with Crippen molar-refractivity contribution in [3.63, 3.8) is 0 Å². The van der Waals surface area contributed by atoms with Gasteiger partial charge in [-0.1, -0.05) is 41.9 Å². The number of cyclic esters (lactones) is 1. The van der Waals surface area contributed by atoms with E-state index in [0.717, 1.165) is 11.3 Å². The molecule has 1 atom stereocenters. The molecule has 0 aliphatic carbocycles. The first kappa shape index (κ1) is 17.4. The van der Waals surface area contributed by atoms with E-state index < -0.39 is 6.09 Å². The Kier molecular flexibility index (Phi) is 4.93. The number of nitrogens with one attached hydrogen (secondary N) is 2. The van der Waals surface area contributed by atoms with E-state index in [2.05, 4.69) is 20.6 Å². The van der Waals surface area contributed by atoms with Crippen LogP contribution in [0.1, 0.15) is 5.56 Å². The summed E-state index contributed by atoms with van der Waals surface area (Å²) in [6.45, 7) is 1.27. The van der Waals surface area contributed by atoms with Gasteiger partial charge in [-0.3, -0.25) is 4.98 Å². The van der Waals surface area contributed by atoms with Gasteiger partial charge in [0.25, 0.3) is 0 Å². The van der Waals surface area contributed by atoms with Gasteiger partial charge in [0.2, 0.25) is 0 Å². The summed E-state index contributed by atoms with van der Waals surface area (Å²) < 4.78 is 10.9. The highest BCUT2D eigenvalue weighted by Gasteiger charge is 2.23. The minimum absolute atomic E-state index is 0.221. The zero-order valence-corrected chi connectivity index (χ0v) is 15.1. The predicted molar refractivity (Wildman–Crippen MR) is 102 cm³/mol.